The standard InChI is InChI=1S/C33H21N3O2/c1-36-31-26-7-3-5-9-28(26)38-33(31)29(35-36)23-16-12-21(13-17-23)20-10-14-22(15-11-20)24-18-19-34-30-25-6-2-4-8-27(25)37-32(24)30/h2-19H,1H3. The van der Waals surface area contributed by atoms with Crippen LogP contribution in [0.5, 0.6) is 0 Å². The summed E-state index contributed by atoms with van der Waals surface area (Å²) in [5, 5.41) is 6.88. The van der Waals surface area contributed by atoms with Crippen LogP contribution in [-0.4, -0.2) is 14.8 Å². The Kier molecular flexibility index (Phi) is 4.37. The van der Waals surface area contributed by atoms with Gasteiger partial charge in [-0.15, -0.1) is 0 Å². The van der Waals surface area contributed by atoms with Gasteiger partial charge in [0.1, 0.15) is 27.9 Å². The molecule has 0 unspecified atom stereocenters. The van der Waals surface area contributed by atoms with Crippen molar-refractivity contribution in [3.63, 3.8) is 0 Å². The number of rotatable bonds is 3. The van der Waals surface area contributed by atoms with Crippen LogP contribution in [0.1, 0.15) is 0 Å². The Labute approximate surface area is 217 Å². The van der Waals surface area contributed by atoms with Gasteiger partial charge in [0.2, 0.25) is 0 Å². The Morgan fingerprint density at radius 2 is 1.16 bits per heavy atom. The fourth-order valence-electron chi connectivity index (χ4n) is 5.44. The van der Waals surface area contributed by atoms with Crippen LogP contribution in [0.3, 0.4) is 0 Å². The minimum Gasteiger partial charge on any atom is -0.454 e. The van der Waals surface area contributed by atoms with Crippen LogP contribution in [0.25, 0.3) is 77.6 Å². The molecule has 5 nitrogen and oxygen atoms in total. The second-order valence-corrected chi connectivity index (χ2v) is 9.54. The van der Waals surface area contributed by atoms with E-state index in [9.17, 15) is 0 Å². The Balaban J connectivity index is 1.14. The van der Waals surface area contributed by atoms with Crippen molar-refractivity contribution in [1.82, 2.24) is 14.8 Å². The second-order valence-electron chi connectivity index (χ2n) is 9.54. The molecular formula is C33H21N3O2. The van der Waals surface area contributed by atoms with Gasteiger partial charge < -0.3 is 8.83 Å². The van der Waals surface area contributed by atoms with Crippen LogP contribution >= 0.6 is 0 Å². The van der Waals surface area contributed by atoms with E-state index in [0.29, 0.717) is 0 Å². The van der Waals surface area contributed by atoms with E-state index in [1.165, 1.54) is 0 Å². The first-order valence-corrected chi connectivity index (χ1v) is 12.6. The fraction of sp³-hybridized carbons (Fsp3) is 0.0303. The minimum atomic E-state index is 0.818. The first kappa shape index (κ1) is 21.0. The lowest BCUT2D eigenvalue weighted by atomic mass is 9.99. The number of benzene rings is 4. The average Bonchev–Trinajstić information content (AvgIpc) is 3.64. The molecule has 4 heterocycles. The molecule has 0 bridgehead atoms. The molecule has 0 aliphatic rings. The molecule has 0 aliphatic carbocycles. The van der Waals surface area contributed by atoms with Crippen LogP contribution in [0.4, 0.5) is 0 Å². The number of nitrogens with zero attached hydrogens (tertiary/aromatic N) is 3. The van der Waals surface area contributed by atoms with Gasteiger partial charge in [-0.1, -0.05) is 72.8 Å². The lowest BCUT2D eigenvalue weighted by Crippen LogP contribution is -1.90. The number of aryl methyl sites for hydroxylation is 1. The van der Waals surface area contributed by atoms with E-state index in [2.05, 4.69) is 65.6 Å². The molecule has 0 saturated heterocycles. The largest absolute Gasteiger partial charge is 0.454 e. The summed E-state index contributed by atoms with van der Waals surface area (Å²) in [6.07, 6.45) is 1.85. The van der Waals surface area contributed by atoms with Crippen LogP contribution in [0.15, 0.2) is 118 Å². The Bertz CT molecular complexity index is 2130. The van der Waals surface area contributed by atoms with Gasteiger partial charge in [-0.25, -0.2) is 0 Å². The summed E-state index contributed by atoms with van der Waals surface area (Å²) < 4.78 is 14.3. The highest BCUT2D eigenvalue weighted by Gasteiger charge is 2.18. The van der Waals surface area contributed by atoms with E-state index < -0.39 is 0 Å². The van der Waals surface area contributed by atoms with Crippen LogP contribution < -0.4 is 0 Å². The molecule has 4 aromatic heterocycles. The zero-order valence-corrected chi connectivity index (χ0v) is 20.6. The molecule has 0 atom stereocenters. The molecule has 4 aromatic carbocycles. The van der Waals surface area contributed by atoms with Gasteiger partial charge in [-0.05, 0) is 47.0 Å². The van der Waals surface area contributed by atoms with E-state index in [1.54, 1.807) is 0 Å². The SMILES string of the molecule is Cn1nc(-c2ccc(-c3ccc(-c4ccnc5c4oc4ccccc45)cc3)cc2)c2oc3ccccc3c21. The predicted octanol–water partition coefficient (Wildman–Crippen LogP) is 8.61. The topological polar surface area (TPSA) is 57.0 Å². The number of aromatic nitrogens is 3. The van der Waals surface area contributed by atoms with Gasteiger partial charge >= 0.3 is 0 Å². The third-order valence-corrected chi connectivity index (χ3v) is 7.30. The number of para-hydroxylation sites is 2. The summed E-state index contributed by atoms with van der Waals surface area (Å²) in [5.74, 6) is 0. The summed E-state index contributed by atoms with van der Waals surface area (Å²) in [7, 11) is 1.96. The molecule has 0 saturated carbocycles. The van der Waals surface area contributed by atoms with Gasteiger partial charge in [0.25, 0.3) is 0 Å². The average molecular weight is 492 g/mol. The summed E-state index contributed by atoms with van der Waals surface area (Å²) in [6, 6.07) is 35.2. The lowest BCUT2D eigenvalue weighted by Gasteiger charge is -2.06. The second kappa shape index (κ2) is 7.92. The van der Waals surface area contributed by atoms with Crippen molar-refractivity contribution in [3.05, 3.63) is 109 Å². The van der Waals surface area contributed by atoms with Crippen molar-refractivity contribution in [3.8, 4) is 33.5 Å². The highest BCUT2D eigenvalue weighted by atomic mass is 16.3. The Hall–Kier alpha value is -5.16. The van der Waals surface area contributed by atoms with Crippen LogP contribution in [0.2, 0.25) is 0 Å². The molecule has 0 radical (unpaired) electrons. The van der Waals surface area contributed by atoms with E-state index in [-0.39, 0.29) is 0 Å². The van der Waals surface area contributed by atoms with Gasteiger partial charge in [0.05, 0.1) is 0 Å². The van der Waals surface area contributed by atoms with E-state index in [4.69, 9.17) is 13.9 Å². The van der Waals surface area contributed by atoms with Crippen molar-refractivity contribution in [2.24, 2.45) is 7.05 Å². The molecule has 180 valence electrons. The van der Waals surface area contributed by atoms with Crippen LogP contribution in [0, 0.1) is 0 Å². The first-order chi connectivity index (χ1) is 18.7. The highest BCUT2D eigenvalue weighted by Crippen LogP contribution is 2.37. The zero-order valence-electron chi connectivity index (χ0n) is 20.6. The number of hydrogen-bond donors (Lipinski definition) is 0. The fourth-order valence-corrected chi connectivity index (χ4v) is 5.44. The van der Waals surface area contributed by atoms with Crippen molar-refractivity contribution >= 4 is 44.1 Å². The normalized spacial score (nSPS) is 11.8. The lowest BCUT2D eigenvalue weighted by molar-refractivity contribution is 0.669. The maximum atomic E-state index is 6.18. The summed E-state index contributed by atoms with van der Waals surface area (Å²) in [6.45, 7) is 0. The summed E-state index contributed by atoms with van der Waals surface area (Å²) in [5.41, 5.74) is 11.6. The monoisotopic (exact) mass is 491 g/mol. The van der Waals surface area contributed by atoms with E-state index >= 15 is 0 Å². The molecule has 0 fully saturated rings. The zero-order chi connectivity index (χ0) is 25.2. The van der Waals surface area contributed by atoms with Gasteiger partial charge in [0.15, 0.2) is 11.2 Å². The molecule has 0 N–H and O–H groups in total. The van der Waals surface area contributed by atoms with E-state index in [1.807, 2.05) is 60.4 Å². The molecule has 5 heteroatoms. The third kappa shape index (κ3) is 3.05. The molecule has 0 amide bonds. The summed E-state index contributed by atoms with van der Waals surface area (Å²) in [4.78, 5) is 4.58. The Morgan fingerprint density at radius 3 is 1.89 bits per heavy atom. The number of fused-ring (bicyclic) bond motifs is 6. The van der Waals surface area contributed by atoms with Gasteiger partial charge in [0, 0.05) is 35.1 Å². The molecule has 0 aliphatic heterocycles. The van der Waals surface area contributed by atoms with Crippen molar-refractivity contribution < 1.29 is 8.83 Å². The van der Waals surface area contributed by atoms with Crippen molar-refractivity contribution in [2.45, 2.75) is 0 Å². The maximum absolute atomic E-state index is 6.18. The molecule has 0 spiro atoms. The molecule has 38 heavy (non-hydrogen) atoms. The Morgan fingerprint density at radius 1 is 0.579 bits per heavy atom. The third-order valence-electron chi connectivity index (χ3n) is 7.30. The first-order valence-electron chi connectivity index (χ1n) is 12.6. The van der Waals surface area contributed by atoms with E-state index in [0.717, 1.165) is 77.6 Å². The maximum Gasteiger partial charge on any atom is 0.181 e. The van der Waals surface area contributed by atoms with Gasteiger partial charge in [-0.3, -0.25) is 9.67 Å². The number of hydrogen-bond acceptors (Lipinski definition) is 4. The summed E-state index contributed by atoms with van der Waals surface area (Å²) >= 11 is 0. The van der Waals surface area contributed by atoms with Crippen LogP contribution in [-0.2, 0) is 7.05 Å². The number of furan rings is 2. The molecule has 8 rings (SSSR count). The van der Waals surface area contributed by atoms with Crippen molar-refractivity contribution in [1.29, 1.82) is 0 Å². The molecular weight excluding hydrogens is 470 g/mol. The number of pyridine rings is 1. The molecule has 8 aromatic rings. The predicted molar refractivity (Wildman–Crippen MR) is 152 cm³/mol. The smallest absolute Gasteiger partial charge is 0.181 e. The highest BCUT2D eigenvalue weighted by molar-refractivity contribution is 6.08. The van der Waals surface area contributed by atoms with Crippen molar-refractivity contribution in [2.75, 3.05) is 0 Å². The van der Waals surface area contributed by atoms with Gasteiger partial charge in [-0.2, -0.15) is 5.10 Å². The minimum absolute atomic E-state index is 0.818. The quantitative estimate of drug-likeness (QED) is 0.248.